The number of hydrogen-bond donors (Lipinski definition) is 4. The number of amidine groups is 1. The zero-order valence-electron chi connectivity index (χ0n) is 19.3. The number of amides is 1. The fraction of sp³-hybridized carbons (Fsp3) is 0.160. The molecule has 0 saturated heterocycles. The highest BCUT2D eigenvalue weighted by Gasteiger charge is 2.56. The first kappa shape index (κ1) is 25.0. The van der Waals surface area contributed by atoms with Gasteiger partial charge in [-0.2, -0.15) is 0 Å². The van der Waals surface area contributed by atoms with E-state index in [9.17, 15) is 13.2 Å². The summed E-state index contributed by atoms with van der Waals surface area (Å²) in [4.78, 5) is 18.7. The monoisotopic (exact) mass is 507 g/mol. The number of carbonyl (C=O) groups excluding carboxylic acids is 1. The average Bonchev–Trinajstić information content (AvgIpc) is 3.24. The zero-order valence-corrected chi connectivity index (χ0v) is 20.2. The Kier molecular flexibility index (Phi) is 6.63. The highest BCUT2D eigenvalue weighted by atomic mass is 32.2. The molecule has 0 fully saturated rings. The van der Waals surface area contributed by atoms with Crippen molar-refractivity contribution in [1.82, 2.24) is 0 Å². The summed E-state index contributed by atoms with van der Waals surface area (Å²) in [6.07, 6.45) is -0.923. The van der Waals surface area contributed by atoms with Crippen LogP contribution in [0.15, 0.2) is 82.8 Å². The average molecular weight is 508 g/mol. The first-order valence-electron chi connectivity index (χ1n) is 10.8. The van der Waals surface area contributed by atoms with Crippen LogP contribution in [0.5, 0.6) is 0 Å². The zero-order chi connectivity index (χ0) is 26.1. The summed E-state index contributed by atoms with van der Waals surface area (Å²) in [6.45, 7) is -0.119. The molecule has 3 aromatic carbocycles. The van der Waals surface area contributed by atoms with Crippen molar-refractivity contribution in [3.63, 3.8) is 0 Å². The van der Waals surface area contributed by atoms with E-state index in [2.05, 4.69) is 5.16 Å². The van der Waals surface area contributed by atoms with Gasteiger partial charge in [0.2, 0.25) is 15.9 Å². The highest BCUT2D eigenvalue weighted by molar-refractivity contribution is 7.89. The Morgan fingerprint density at radius 1 is 1.06 bits per heavy atom. The molecule has 1 aliphatic heterocycles. The molecule has 0 radical (unpaired) electrons. The number of methoxy groups -OCH3 is 1. The highest BCUT2D eigenvalue weighted by Crippen LogP contribution is 2.46. The van der Waals surface area contributed by atoms with Gasteiger partial charge in [-0.25, -0.2) is 13.6 Å². The first-order chi connectivity index (χ1) is 17.1. The largest absolute Gasteiger partial charge is 0.386 e. The van der Waals surface area contributed by atoms with E-state index in [1.165, 1.54) is 13.2 Å². The van der Waals surface area contributed by atoms with Crippen molar-refractivity contribution in [2.24, 2.45) is 27.2 Å². The Bertz CT molecular complexity index is 1470. The van der Waals surface area contributed by atoms with Crippen LogP contribution in [-0.4, -0.2) is 39.6 Å². The van der Waals surface area contributed by atoms with Crippen molar-refractivity contribution in [3.05, 3.63) is 89.5 Å². The van der Waals surface area contributed by atoms with Crippen molar-refractivity contribution in [2.75, 3.05) is 13.7 Å². The molecule has 1 heterocycles. The maximum atomic E-state index is 13.0. The molecule has 0 saturated carbocycles. The molecule has 10 nitrogen and oxygen atoms in total. The minimum atomic E-state index is -3.94. The number of carbonyl (C=O) groups is 1. The number of primary amides is 1. The predicted octanol–water partition coefficient (Wildman–Crippen LogP) is 1.88. The first-order valence-corrected chi connectivity index (χ1v) is 12.3. The Balaban J connectivity index is 1.77. The van der Waals surface area contributed by atoms with Gasteiger partial charge in [-0.15, -0.1) is 0 Å². The molecule has 0 spiro atoms. The van der Waals surface area contributed by atoms with E-state index >= 15 is 0 Å². The van der Waals surface area contributed by atoms with Gasteiger partial charge in [-0.1, -0.05) is 65.8 Å². The van der Waals surface area contributed by atoms with Gasteiger partial charge in [0.1, 0.15) is 11.5 Å². The van der Waals surface area contributed by atoms with Crippen LogP contribution in [-0.2, 0) is 24.4 Å². The topological polar surface area (TPSA) is 184 Å². The van der Waals surface area contributed by atoms with Crippen LogP contribution >= 0.6 is 0 Å². The number of nitrogens with two attached hydrogens (primary N) is 3. The molecule has 0 aliphatic carbocycles. The normalized spacial score (nSPS) is 19.4. The lowest BCUT2D eigenvalue weighted by Gasteiger charge is -2.31. The summed E-state index contributed by atoms with van der Waals surface area (Å²) in [6, 6.07) is 19.9. The van der Waals surface area contributed by atoms with Gasteiger partial charge in [-0.05, 0) is 23.3 Å². The van der Waals surface area contributed by atoms with E-state index in [1.807, 2.05) is 0 Å². The lowest BCUT2D eigenvalue weighted by molar-refractivity contribution is -0.133. The Morgan fingerprint density at radius 3 is 2.36 bits per heavy atom. The predicted molar refractivity (Wildman–Crippen MR) is 135 cm³/mol. The number of nitrogen functional groups attached to an aromatic ring is 1. The van der Waals surface area contributed by atoms with Gasteiger partial charge in [0.15, 0.2) is 11.5 Å². The molecule has 11 heteroatoms. The molecule has 3 aromatic rings. The number of hydrogen-bond acceptors (Lipinski definition) is 7. The van der Waals surface area contributed by atoms with Gasteiger partial charge < -0.3 is 21.0 Å². The summed E-state index contributed by atoms with van der Waals surface area (Å²) in [5, 5.41) is 17.3. The van der Waals surface area contributed by atoms with E-state index in [-0.39, 0.29) is 23.0 Å². The molecule has 2 atom stereocenters. The molecular formula is C25H25N5O5S. The van der Waals surface area contributed by atoms with E-state index in [0.717, 1.165) is 0 Å². The minimum absolute atomic E-state index is 0.00305. The third-order valence-electron chi connectivity index (χ3n) is 6.10. The smallest absolute Gasteiger partial charge is 0.238 e. The van der Waals surface area contributed by atoms with Crippen LogP contribution in [0.2, 0.25) is 0 Å². The number of oxime groups is 1. The lowest BCUT2D eigenvalue weighted by Crippen LogP contribution is -2.49. The number of ether oxygens (including phenoxy) is 1. The molecule has 1 aliphatic rings. The standard InChI is InChI=1S/C25H25N5O5S/c1-34-14-25(24(28)31)21(17-5-4-6-18(13-17)23(26)27)30-35-22(25)16-11-9-15(10-12-16)19-7-2-3-8-20(19)36(29,32)33/h2-13,22H,14H2,1H3,(H3,26,27)(H2,28,31)(H2,29,32,33). The third kappa shape index (κ3) is 4.35. The fourth-order valence-corrected chi connectivity index (χ4v) is 5.13. The Morgan fingerprint density at radius 2 is 1.75 bits per heavy atom. The van der Waals surface area contributed by atoms with E-state index in [4.69, 9.17) is 31.6 Å². The Labute approximate surface area is 208 Å². The number of nitrogens with one attached hydrogen (secondary N) is 1. The van der Waals surface area contributed by atoms with Crippen LogP contribution in [0.4, 0.5) is 0 Å². The molecule has 0 bridgehead atoms. The molecule has 4 rings (SSSR count). The molecule has 2 unspecified atom stereocenters. The number of nitrogens with zero attached hydrogens (tertiary/aromatic N) is 1. The second-order valence-electron chi connectivity index (χ2n) is 8.35. The van der Waals surface area contributed by atoms with Gasteiger partial charge in [0.25, 0.3) is 0 Å². The van der Waals surface area contributed by atoms with E-state index in [0.29, 0.717) is 27.8 Å². The van der Waals surface area contributed by atoms with Crippen molar-refractivity contribution in [3.8, 4) is 11.1 Å². The number of benzene rings is 3. The molecule has 7 N–H and O–H groups in total. The number of rotatable bonds is 8. The van der Waals surface area contributed by atoms with Crippen LogP contribution in [0.1, 0.15) is 22.8 Å². The lowest BCUT2D eigenvalue weighted by atomic mass is 9.73. The summed E-state index contributed by atoms with van der Waals surface area (Å²) in [5.41, 5.74) is 12.9. The summed E-state index contributed by atoms with van der Waals surface area (Å²) in [7, 11) is -2.50. The summed E-state index contributed by atoms with van der Waals surface area (Å²) in [5.74, 6) is -0.845. The van der Waals surface area contributed by atoms with Crippen LogP contribution in [0, 0.1) is 10.8 Å². The SMILES string of the molecule is COCC1(C(N)=O)C(c2cccc(C(=N)N)c2)=NOC1c1ccc(-c2ccccc2S(N)(=O)=O)cc1. The molecule has 36 heavy (non-hydrogen) atoms. The fourth-order valence-electron chi connectivity index (χ4n) is 4.37. The van der Waals surface area contributed by atoms with Gasteiger partial charge in [0.05, 0.1) is 11.5 Å². The number of sulfonamides is 1. The van der Waals surface area contributed by atoms with Gasteiger partial charge in [-0.3, -0.25) is 10.2 Å². The van der Waals surface area contributed by atoms with Crippen molar-refractivity contribution < 1.29 is 22.8 Å². The van der Waals surface area contributed by atoms with Crippen LogP contribution in [0.3, 0.4) is 0 Å². The third-order valence-corrected chi connectivity index (χ3v) is 7.07. The van der Waals surface area contributed by atoms with Crippen molar-refractivity contribution >= 4 is 27.5 Å². The molecule has 0 aromatic heterocycles. The van der Waals surface area contributed by atoms with Crippen LogP contribution in [0.25, 0.3) is 11.1 Å². The van der Waals surface area contributed by atoms with Gasteiger partial charge >= 0.3 is 0 Å². The molecular weight excluding hydrogens is 482 g/mol. The van der Waals surface area contributed by atoms with Crippen molar-refractivity contribution in [2.45, 2.75) is 11.0 Å². The van der Waals surface area contributed by atoms with Crippen LogP contribution < -0.4 is 16.6 Å². The van der Waals surface area contributed by atoms with Crippen molar-refractivity contribution in [1.29, 1.82) is 5.41 Å². The number of primary sulfonamides is 1. The summed E-state index contributed by atoms with van der Waals surface area (Å²) < 4.78 is 29.5. The maximum absolute atomic E-state index is 13.0. The molecule has 186 valence electrons. The Hall–Kier alpha value is -4.06. The second-order valence-corrected chi connectivity index (χ2v) is 9.88. The summed E-state index contributed by atoms with van der Waals surface area (Å²) >= 11 is 0. The van der Waals surface area contributed by atoms with E-state index in [1.54, 1.807) is 66.7 Å². The van der Waals surface area contributed by atoms with Gasteiger partial charge in [0, 0.05) is 23.8 Å². The maximum Gasteiger partial charge on any atom is 0.238 e. The quantitative estimate of drug-likeness (QED) is 0.266. The molecule has 1 amide bonds. The second kappa shape index (κ2) is 9.53. The minimum Gasteiger partial charge on any atom is -0.386 e. The van der Waals surface area contributed by atoms with E-state index < -0.39 is 27.4 Å².